The van der Waals surface area contributed by atoms with Gasteiger partial charge in [-0.15, -0.1) is 0 Å². The first-order valence-electron chi connectivity index (χ1n) is 10.5. The van der Waals surface area contributed by atoms with Gasteiger partial charge in [0.1, 0.15) is 17.3 Å². The number of pyridine rings is 1. The Labute approximate surface area is 205 Å². The highest BCUT2D eigenvalue weighted by Gasteiger charge is 2.47. The average Bonchev–Trinajstić information content (AvgIpc) is 3.45. The number of rotatable bonds is 5. The van der Waals surface area contributed by atoms with E-state index in [-0.39, 0.29) is 28.7 Å². The van der Waals surface area contributed by atoms with E-state index in [1.165, 1.54) is 31.3 Å². The van der Waals surface area contributed by atoms with Crippen LogP contribution in [0.25, 0.3) is 5.76 Å². The second-order valence-electron chi connectivity index (χ2n) is 7.67. The molecule has 0 bridgehead atoms. The molecule has 3 aromatic rings. The lowest BCUT2D eigenvalue weighted by Gasteiger charge is -2.25. The smallest absolute Gasteiger partial charge is 0.300 e. The van der Waals surface area contributed by atoms with E-state index in [2.05, 4.69) is 4.98 Å². The monoisotopic (exact) mass is 494 g/mol. The number of carbonyl (C=O) groups is 2. The van der Waals surface area contributed by atoms with Gasteiger partial charge >= 0.3 is 0 Å². The summed E-state index contributed by atoms with van der Waals surface area (Å²) in [5, 5.41) is 11.6. The van der Waals surface area contributed by atoms with Gasteiger partial charge < -0.3 is 24.1 Å². The van der Waals surface area contributed by atoms with E-state index in [9.17, 15) is 14.7 Å². The van der Waals surface area contributed by atoms with Gasteiger partial charge in [-0.2, -0.15) is 0 Å². The molecule has 1 N–H and O–H groups in total. The van der Waals surface area contributed by atoms with Gasteiger partial charge in [0.05, 0.1) is 36.4 Å². The van der Waals surface area contributed by atoms with Crippen LogP contribution in [-0.2, 0) is 9.59 Å². The summed E-state index contributed by atoms with van der Waals surface area (Å²) in [6.07, 6.45) is 3.08. The zero-order valence-electron chi connectivity index (χ0n) is 18.6. The molecule has 1 atom stereocenters. The standard InChI is InChI=1S/C25H19ClN2O7/c1-32-18-11-19(33-2)16(26)10-15(18)23(29)21-22(13-5-7-27-8-6-13)28(25(31)24(21)30)14-3-4-17-20(9-14)35-12-34-17/h3-11,22,29H,12H2,1-2H3/b23-21+. The van der Waals surface area contributed by atoms with Gasteiger partial charge in [0, 0.05) is 30.2 Å². The number of hydrogen-bond donors (Lipinski definition) is 1. The van der Waals surface area contributed by atoms with Crippen molar-refractivity contribution in [1.82, 2.24) is 4.98 Å². The number of hydrogen-bond acceptors (Lipinski definition) is 8. The van der Waals surface area contributed by atoms with E-state index < -0.39 is 23.5 Å². The zero-order chi connectivity index (χ0) is 24.7. The molecule has 0 saturated carbocycles. The molecule has 0 aliphatic carbocycles. The summed E-state index contributed by atoms with van der Waals surface area (Å²) < 4.78 is 21.4. The van der Waals surface area contributed by atoms with Crippen molar-refractivity contribution in [2.45, 2.75) is 6.04 Å². The Morgan fingerprint density at radius 3 is 2.46 bits per heavy atom. The molecule has 178 valence electrons. The number of amides is 1. The van der Waals surface area contributed by atoms with Gasteiger partial charge in [-0.25, -0.2) is 0 Å². The average molecular weight is 495 g/mol. The van der Waals surface area contributed by atoms with Gasteiger partial charge in [-0.1, -0.05) is 11.6 Å². The van der Waals surface area contributed by atoms with Crippen LogP contribution in [0.3, 0.4) is 0 Å². The van der Waals surface area contributed by atoms with Crippen LogP contribution in [0.1, 0.15) is 17.2 Å². The molecule has 1 fully saturated rings. The van der Waals surface area contributed by atoms with E-state index in [4.69, 9.17) is 30.5 Å². The Kier molecular flexibility index (Phi) is 5.70. The number of anilines is 1. The third-order valence-corrected chi connectivity index (χ3v) is 6.13. The number of halogens is 1. The first kappa shape index (κ1) is 22.5. The molecular weight excluding hydrogens is 476 g/mol. The normalized spacial score (nSPS) is 18.1. The number of methoxy groups -OCH3 is 2. The number of Topliss-reactive ketones (excluding diaryl/α,β-unsaturated/α-hetero) is 1. The van der Waals surface area contributed by atoms with Crippen molar-refractivity contribution in [2.75, 3.05) is 25.9 Å². The van der Waals surface area contributed by atoms with Crippen LogP contribution in [0.5, 0.6) is 23.0 Å². The van der Waals surface area contributed by atoms with Crippen molar-refractivity contribution >= 4 is 34.7 Å². The molecule has 3 heterocycles. The van der Waals surface area contributed by atoms with Crippen LogP contribution in [0.4, 0.5) is 5.69 Å². The number of fused-ring (bicyclic) bond motifs is 1. The Morgan fingerprint density at radius 2 is 1.74 bits per heavy atom. The molecule has 1 unspecified atom stereocenters. The van der Waals surface area contributed by atoms with Crippen LogP contribution in [0.2, 0.25) is 5.02 Å². The van der Waals surface area contributed by atoms with E-state index in [0.717, 1.165) is 0 Å². The molecule has 0 spiro atoms. The second kappa shape index (κ2) is 8.84. The van der Waals surface area contributed by atoms with Crippen molar-refractivity contribution in [1.29, 1.82) is 0 Å². The maximum Gasteiger partial charge on any atom is 0.300 e. The number of ether oxygens (including phenoxy) is 4. The van der Waals surface area contributed by atoms with Crippen LogP contribution in [0.15, 0.2) is 60.4 Å². The fourth-order valence-electron chi connectivity index (χ4n) is 4.19. The third kappa shape index (κ3) is 3.70. The number of ketones is 1. The molecule has 1 amide bonds. The summed E-state index contributed by atoms with van der Waals surface area (Å²) >= 11 is 6.30. The number of aliphatic hydroxyl groups is 1. The van der Waals surface area contributed by atoms with Crippen molar-refractivity contribution in [3.63, 3.8) is 0 Å². The summed E-state index contributed by atoms with van der Waals surface area (Å²) in [6.45, 7) is 0.0589. The summed E-state index contributed by atoms with van der Waals surface area (Å²) in [5.74, 6) is -0.598. The fraction of sp³-hybridized carbons (Fsp3) is 0.160. The SMILES string of the molecule is COc1cc(OC)c(/C(O)=C2\C(=O)C(=O)N(c3ccc4c(c3)OCO4)C2c2ccncc2)cc1Cl. The number of nitrogens with zero attached hydrogens (tertiary/aromatic N) is 2. The first-order chi connectivity index (χ1) is 16.9. The molecule has 2 aliphatic heterocycles. The molecule has 1 aromatic heterocycles. The van der Waals surface area contributed by atoms with E-state index >= 15 is 0 Å². The zero-order valence-corrected chi connectivity index (χ0v) is 19.4. The van der Waals surface area contributed by atoms with Crippen LogP contribution >= 0.6 is 11.6 Å². The molecule has 5 rings (SSSR count). The highest BCUT2D eigenvalue weighted by Crippen LogP contribution is 2.46. The number of aliphatic hydroxyl groups excluding tert-OH is 1. The maximum absolute atomic E-state index is 13.3. The van der Waals surface area contributed by atoms with Gasteiger partial charge in [-0.05, 0) is 35.9 Å². The summed E-state index contributed by atoms with van der Waals surface area (Å²) in [4.78, 5) is 32.0. The molecule has 9 nitrogen and oxygen atoms in total. The largest absolute Gasteiger partial charge is 0.507 e. The first-order valence-corrected chi connectivity index (χ1v) is 10.8. The minimum atomic E-state index is -0.955. The maximum atomic E-state index is 13.3. The lowest BCUT2D eigenvalue weighted by atomic mass is 9.95. The Balaban J connectivity index is 1.72. The molecular formula is C25H19ClN2O7. The van der Waals surface area contributed by atoms with Gasteiger partial charge in [0.25, 0.3) is 11.7 Å². The number of benzene rings is 2. The molecule has 35 heavy (non-hydrogen) atoms. The predicted octanol–water partition coefficient (Wildman–Crippen LogP) is 4.11. The Bertz CT molecular complexity index is 1370. The third-order valence-electron chi connectivity index (χ3n) is 5.83. The van der Waals surface area contributed by atoms with Crippen LogP contribution in [-0.4, -0.2) is 42.8 Å². The van der Waals surface area contributed by atoms with Gasteiger partial charge in [-0.3, -0.25) is 19.5 Å². The van der Waals surface area contributed by atoms with E-state index in [1.54, 1.807) is 42.7 Å². The second-order valence-corrected chi connectivity index (χ2v) is 8.08. The molecule has 2 aromatic carbocycles. The Hall–Kier alpha value is -4.24. The van der Waals surface area contributed by atoms with Crippen molar-refractivity contribution in [3.8, 4) is 23.0 Å². The lowest BCUT2D eigenvalue weighted by Crippen LogP contribution is -2.29. The number of carbonyl (C=O) groups excluding carboxylic acids is 2. The number of aromatic nitrogens is 1. The van der Waals surface area contributed by atoms with Crippen LogP contribution < -0.4 is 23.8 Å². The van der Waals surface area contributed by atoms with Crippen molar-refractivity contribution in [2.24, 2.45) is 0 Å². The summed E-state index contributed by atoms with van der Waals surface area (Å²) in [6, 6.07) is 10.2. The van der Waals surface area contributed by atoms with Gasteiger partial charge in [0.15, 0.2) is 11.5 Å². The summed E-state index contributed by atoms with van der Waals surface area (Å²) in [5.41, 5.74) is 0.980. The quantitative estimate of drug-likeness (QED) is 0.321. The van der Waals surface area contributed by atoms with E-state index in [0.29, 0.717) is 28.5 Å². The molecule has 0 radical (unpaired) electrons. The predicted molar refractivity (Wildman–Crippen MR) is 126 cm³/mol. The summed E-state index contributed by atoms with van der Waals surface area (Å²) in [7, 11) is 2.85. The van der Waals surface area contributed by atoms with Crippen molar-refractivity contribution in [3.05, 3.63) is 76.6 Å². The minimum absolute atomic E-state index is 0.0589. The minimum Gasteiger partial charge on any atom is -0.507 e. The lowest BCUT2D eigenvalue weighted by molar-refractivity contribution is -0.132. The van der Waals surface area contributed by atoms with Crippen molar-refractivity contribution < 1.29 is 33.6 Å². The molecule has 10 heteroatoms. The highest BCUT2D eigenvalue weighted by atomic mass is 35.5. The van der Waals surface area contributed by atoms with E-state index in [1.807, 2.05) is 0 Å². The highest BCUT2D eigenvalue weighted by molar-refractivity contribution is 6.51. The fourth-order valence-corrected chi connectivity index (χ4v) is 4.43. The molecule has 1 saturated heterocycles. The molecule has 2 aliphatic rings. The van der Waals surface area contributed by atoms with Crippen LogP contribution in [0, 0.1) is 0 Å². The van der Waals surface area contributed by atoms with Gasteiger partial charge in [0.2, 0.25) is 6.79 Å². The topological polar surface area (TPSA) is 107 Å². The Morgan fingerprint density at radius 1 is 1.03 bits per heavy atom.